The van der Waals surface area contributed by atoms with Gasteiger partial charge in [-0.1, -0.05) is 11.6 Å². The van der Waals surface area contributed by atoms with E-state index in [-0.39, 0.29) is 5.56 Å². The molecule has 4 rings (SSSR count). The highest BCUT2D eigenvalue weighted by Gasteiger charge is 2.31. The quantitative estimate of drug-likeness (QED) is 0.944. The molecule has 4 nitrogen and oxygen atoms in total. The number of pyridine rings is 1. The molecule has 1 fully saturated rings. The first-order valence-electron chi connectivity index (χ1n) is 8.85. The van der Waals surface area contributed by atoms with Crippen LogP contribution in [0.2, 0.25) is 0 Å². The van der Waals surface area contributed by atoms with Crippen LogP contribution in [0, 0.1) is 12.8 Å². The summed E-state index contributed by atoms with van der Waals surface area (Å²) in [7, 11) is 0. The Labute approximate surface area is 142 Å². The smallest absolute Gasteiger partial charge is 0.258 e. The van der Waals surface area contributed by atoms with Crippen molar-refractivity contribution in [2.75, 3.05) is 19.7 Å². The van der Waals surface area contributed by atoms with Crippen molar-refractivity contribution < 1.29 is 4.74 Å². The first kappa shape index (κ1) is 15.5. The molecule has 126 valence electrons. The number of piperidine rings is 1. The lowest BCUT2D eigenvalue weighted by Crippen LogP contribution is -2.45. The van der Waals surface area contributed by atoms with Crippen molar-refractivity contribution in [2.45, 2.75) is 32.7 Å². The lowest BCUT2D eigenvalue weighted by Gasteiger charge is -2.37. The van der Waals surface area contributed by atoms with Gasteiger partial charge in [-0.15, -0.1) is 0 Å². The molecule has 1 N–H and O–H groups in total. The van der Waals surface area contributed by atoms with Gasteiger partial charge in [-0.05, 0) is 57.0 Å². The van der Waals surface area contributed by atoms with Gasteiger partial charge in [0.25, 0.3) is 5.56 Å². The van der Waals surface area contributed by atoms with Gasteiger partial charge in [-0.3, -0.25) is 4.79 Å². The lowest BCUT2D eigenvalue weighted by molar-refractivity contribution is 0.257. The minimum Gasteiger partial charge on any atom is -0.493 e. The molecule has 2 aromatic rings. The number of nitrogens with one attached hydrogen (secondary N) is 1. The summed E-state index contributed by atoms with van der Waals surface area (Å²) >= 11 is 0. The number of nitrogens with zero attached hydrogens (tertiary/aromatic N) is 1. The van der Waals surface area contributed by atoms with E-state index in [0.29, 0.717) is 18.4 Å². The van der Waals surface area contributed by atoms with Gasteiger partial charge >= 0.3 is 0 Å². The Morgan fingerprint density at radius 1 is 1.21 bits per heavy atom. The van der Waals surface area contributed by atoms with Crippen LogP contribution in [-0.4, -0.2) is 24.3 Å². The molecule has 3 heterocycles. The van der Waals surface area contributed by atoms with Gasteiger partial charge in [0, 0.05) is 30.3 Å². The highest BCUT2D eigenvalue weighted by Crippen LogP contribution is 2.34. The summed E-state index contributed by atoms with van der Waals surface area (Å²) in [6.45, 7) is 7.42. The molecule has 2 aliphatic heterocycles. The standard InChI is InChI=1S/C20H24N2O2/c1-3-24-19-7-4-13(2)8-17(19)16-5-6-18-15-9-14(10-21-11-15)12-22(18)20(16)23/h4-8,14-15,21H,3,9-12H2,1-2H3. The van der Waals surface area contributed by atoms with E-state index in [0.717, 1.165) is 42.1 Å². The Morgan fingerprint density at radius 2 is 2.08 bits per heavy atom. The van der Waals surface area contributed by atoms with E-state index in [1.165, 1.54) is 12.1 Å². The Morgan fingerprint density at radius 3 is 2.92 bits per heavy atom. The molecule has 2 unspecified atom stereocenters. The van der Waals surface area contributed by atoms with Crippen LogP contribution in [0.15, 0.2) is 35.1 Å². The van der Waals surface area contributed by atoms with E-state index < -0.39 is 0 Å². The zero-order valence-corrected chi connectivity index (χ0v) is 14.3. The third-order valence-corrected chi connectivity index (χ3v) is 5.23. The summed E-state index contributed by atoms with van der Waals surface area (Å²) in [5.74, 6) is 1.81. The molecule has 0 saturated carbocycles. The number of hydrogen-bond donors (Lipinski definition) is 1. The van der Waals surface area contributed by atoms with Crippen LogP contribution in [0.1, 0.15) is 30.5 Å². The molecule has 1 saturated heterocycles. The molecule has 0 spiro atoms. The van der Waals surface area contributed by atoms with Crippen molar-refractivity contribution in [3.63, 3.8) is 0 Å². The van der Waals surface area contributed by atoms with Crippen LogP contribution in [-0.2, 0) is 6.54 Å². The highest BCUT2D eigenvalue weighted by atomic mass is 16.5. The molecule has 1 aromatic carbocycles. The van der Waals surface area contributed by atoms with Crippen molar-refractivity contribution in [1.29, 1.82) is 0 Å². The molecular formula is C20H24N2O2. The second-order valence-corrected chi connectivity index (χ2v) is 6.98. The molecular weight excluding hydrogens is 300 g/mol. The summed E-state index contributed by atoms with van der Waals surface area (Å²) in [5.41, 5.74) is 4.09. The van der Waals surface area contributed by atoms with Crippen molar-refractivity contribution in [2.24, 2.45) is 5.92 Å². The fraction of sp³-hybridized carbons (Fsp3) is 0.450. The number of benzene rings is 1. The molecule has 0 amide bonds. The van der Waals surface area contributed by atoms with Crippen LogP contribution in [0.5, 0.6) is 5.75 Å². The predicted octanol–water partition coefficient (Wildman–Crippen LogP) is 2.93. The predicted molar refractivity (Wildman–Crippen MR) is 95.8 cm³/mol. The second-order valence-electron chi connectivity index (χ2n) is 6.98. The van der Waals surface area contributed by atoms with Crippen LogP contribution in [0.3, 0.4) is 0 Å². The number of aryl methyl sites for hydroxylation is 1. The molecule has 2 atom stereocenters. The second kappa shape index (κ2) is 6.10. The Hall–Kier alpha value is -2.07. The maximum Gasteiger partial charge on any atom is 0.258 e. The highest BCUT2D eigenvalue weighted by molar-refractivity contribution is 5.70. The summed E-state index contributed by atoms with van der Waals surface area (Å²) in [5, 5.41) is 3.49. The van der Waals surface area contributed by atoms with E-state index in [4.69, 9.17) is 4.74 Å². The zero-order chi connectivity index (χ0) is 16.7. The van der Waals surface area contributed by atoms with Gasteiger partial charge < -0.3 is 14.6 Å². The molecule has 4 heteroatoms. The molecule has 2 bridgehead atoms. The van der Waals surface area contributed by atoms with Gasteiger partial charge in [-0.25, -0.2) is 0 Å². The van der Waals surface area contributed by atoms with Crippen molar-refractivity contribution in [3.05, 3.63) is 51.9 Å². The number of aromatic nitrogens is 1. The number of rotatable bonds is 3. The minimum absolute atomic E-state index is 0.121. The van der Waals surface area contributed by atoms with Gasteiger partial charge in [-0.2, -0.15) is 0 Å². The minimum atomic E-state index is 0.121. The fourth-order valence-electron chi connectivity index (χ4n) is 4.13. The maximum absolute atomic E-state index is 13.2. The summed E-state index contributed by atoms with van der Waals surface area (Å²) in [6.07, 6.45) is 1.19. The Kier molecular flexibility index (Phi) is 3.93. The summed E-state index contributed by atoms with van der Waals surface area (Å²) in [6, 6.07) is 10.2. The number of ether oxygens (including phenoxy) is 1. The SMILES string of the molecule is CCOc1ccc(C)cc1-c1ccc2n(c1=O)CC1CNCC2C1. The van der Waals surface area contributed by atoms with E-state index in [2.05, 4.69) is 17.4 Å². The normalized spacial score (nSPS) is 22.1. The van der Waals surface area contributed by atoms with Crippen molar-refractivity contribution in [1.82, 2.24) is 9.88 Å². The molecule has 24 heavy (non-hydrogen) atoms. The first-order chi connectivity index (χ1) is 11.7. The largest absolute Gasteiger partial charge is 0.493 e. The van der Waals surface area contributed by atoms with Gasteiger partial charge in [0.15, 0.2) is 0 Å². The molecule has 2 aliphatic rings. The Bertz CT molecular complexity index is 825. The van der Waals surface area contributed by atoms with Crippen molar-refractivity contribution >= 4 is 0 Å². The molecule has 0 aliphatic carbocycles. The third-order valence-electron chi connectivity index (χ3n) is 5.23. The number of fused-ring (bicyclic) bond motifs is 4. The van der Waals surface area contributed by atoms with Gasteiger partial charge in [0.2, 0.25) is 0 Å². The lowest BCUT2D eigenvalue weighted by atomic mass is 9.84. The van der Waals surface area contributed by atoms with E-state index in [9.17, 15) is 4.79 Å². The van der Waals surface area contributed by atoms with Gasteiger partial charge in [0.1, 0.15) is 5.75 Å². The fourth-order valence-corrected chi connectivity index (χ4v) is 4.13. The molecule has 0 radical (unpaired) electrons. The van der Waals surface area contributed by atoms with Crippen LogP contribution < -0.4 is 15.6 Å². The summed E-state index contributed by atoms with van der Waals surface area (Å²) < 4.78 is 7.77. The Balaban J connectivity index is 1.85. The zero-order valence-electron chi connectivity index (χ0n) is 14.3. The van der Waals surface area contributed by atoms with E-state index in [1.54, 1.807) is 0 Å². The van der Waals surface area contributed by atoms with Crippen LogP contribution in [0.4, 0.5) is 0 Å². The van der Waals surface area contributed by atoms with Crippen molar-refractivity contribution in [3.8, 4) is 16.9 Å². The van der Waals surface area contributed by atoms with Crippen LogP contribution in [0.25, 0.3) is 11.1 Å². The molecule has 1 aromatic heterocycles. The maximum atomic E-state index is 13.2. The van der Waals surface area contributed by atoms with Gasteiger partial charge in [0.05, 0.1) is 12.2 Å². The topological polar surface area (TPSA) is 43.3 Å². The van der Waals surface area contributed by atoms with Crippen LogP contribution >= 0.6 is 0 Å². The average Bonchev–Trinajstić information content (AvgIpc) is 2.58. The average molecular weight is 324 g/mol. The number of hydrogen-bond acceptors (Lipinski definition) is 3. The first-order valence-corrected chi connectivity index (χ1v) is 8.85. The third kappa shape index (κ3) is 2.55. The van der Waals surface area contributed by atoms with E-state index in [1.807, 2.05) is 36.6 Å². The van der Waals surface area contributed by atoms with E-state index >= 15 is 0 Å². The summed E-state index contributed by atoms with van der Waals surface area (Å²) in [4.78, 5) is 13.2. The monoisotopic (exact) mass is 324 g/mol.